The zero-order valence-electron chi connectivity index (χ0n) is 21.9. The molecule has 5 nitrogen and oxygen atoms in total. The Morgan fingerprint density at radius 2 is 1.50 bits per heavy atom. The highest BCUT2D eigenvalue weighted by Crippen LogP contribution is 2.37. The standard InChI is InChI=1S/C25H44O3S.C3H4N2/c1-5-7-8-9-10-11-12-13-14-15-18-21(3)22(4)23(6-2)24-19-16-17-20-25(24)29(26,27)28;1-2-5-3-4-1/h16-17,19-23H,5-15,18H2,1-4H3,(H,26,27,28);1-3H,(H,4,5). The van der Waals surface area contributed by atoms with E-state index in [9.17, 15) is 13.0 Å². The van der Waals surface area contributed by atoms with Crippen LogP contribution in [-0.4, -0.2) is 22.9 Å². The second-order valence-electron chi connectivity index (χ2n) is 9.60. The molecule has 3 unspecified atom stereocenters. The van der Waals surface area contributed by atoms with Gasteiger partial charge in [-0.1, -0.05) is 117 Å². The first-order valence-corrected chi connectivity index (χ1v) is 14.8. The number of hydrogen-bond donors (Lipinski definition) is 2. The Labute approximate surface area is 208 Å². The quantitative estimate of drug-likeness (QED) is 0.182. The normalized spacial score (nSPS) is 14.1. The number of H-pyrrole nitrogens is 1. The molecule has 0 spiro atoms. The number of nitrogens with one attached hydrogen (secondary N) is 1. The fourth-order valence-corrected chi connectivity index (χ4v) is 5.49. The van der Waals surface area contributed by atoms with Gasteiger partial charge in [-0.2, -0.15) is 8.42 Å². The van der Waals surface area contributed by atoms with Crippen LogP contribution in [0.25, 0.3) is 0 Å². The molecule has 0 fully saturated rings. The lowest BCUT2D eigenvalue weighted by atomic mass is 9.76. The Hall–Kier alpha value is -1.66. The molecule has 0 radical (unpaired) electrons. The second kappa shape index (κ2) is 17.7. The molecule has 0 aliphatic heterocycles. The lowest BCUT2D eigenvalue weighted by Gasteiger charge is -2.29. The van der Waals surface area contributed by atoms with E-state index >= 15 is 0 Å². The number of benzene rings is 1. The first-order chi connectivity index (χ1) is 16.3. The van der Waals surface area contributed by atoms with Gasteiger partial charge in [0, 0.05) is 12.4 Å². The van der Waals surface area contributed by atoms with E-state index in [1.807, 2.05) is 12.1 Å². The maximum atomic E-state index is 11.8. The van der Waals surface area contributed by atoms with Gasteiger partial charge in [0.1, 0.15) is 0 Å². The molecule has 0 amide bonds. The van der Waals surface area contributed by atoms with Gasteiger partial charge < -0.3 is 4.98 Å². The Kier molecular flexibility index (Phi) is 15.8. The molecule has 2 rings (SSSR count). The van der Waals surface area contributed by atoms with E-state index in [-0.39, 0.29) is 10.8 Å². The molecule has 194 valence electrons. The molecule has 0 saturated carbocycles. The third-order valence-electron chi connectivity index (χ3n) is 6.99. The van der Waals surface area contributed by atoms with Crippen molar-refractivity contribution in [3.05, 3.63) is 48.5 Å². The van der Waals surface area contributed by atoms with Crippen LogP contribution in [0.2, 0.25) is 0 Å². The average Bonchev–Trinajstić information content (AvgIpc) is 3.40. The zero-order chi connectivity index (χ0) is 25.2. The minimum absolute atomic E-state index is 0.0739. The van der Waals surface area contributed by atoms with E-state index in [1.54, 1.807) is 24.8 Å². The van der Waals surface area contributed by atoms with E-state index in [1.165, 1.54) is 76.7 Å². The zero-order valence-corrected chi connectivity index (χ0v) is 22.7. The van der Waals surface area contributed by atoms with E-state index in [0.717, 1.165) is 12.0 Å². The predicted octanol–water partition coefficient (Wildman–Crippen LogP) is 8.42. The van der Waals surface area contributed by atoms with Crippen LogP contribution in [0.3, 0.4) is 0 Å². The summed E-state index contributed by atoms with van der Waals surface area (Å²) in [6.45, 7) is 8.89. The Bertz CT molecular complexity index is 820. The van der Waals surface area contributed by atoms with Crippen LogP contribution in [0, 0.1) is 11.8 Å². The topological polar surface area (TPSA) is 83.0 Å². The molecule has 1 aromatic heterocycles. The van der Waals surface area contributed by atoms with E-state index in [0.29, 0.717) is 11.8 Å². The van der Waals surface area contributed by atoms with Gasteiger partial charge in [0.05, 0.1) is 11.2 Å². The summed E-state index contributed by atoms with van der Waals surface area (Å²) in [5.41, 5.74) is 0.764. The van der Waals surface area contributed by atoms with Crippen LogP contribution >= 0.6 is 0 Å². The third-order valence-corrected chi connectivity index (χ3v) is 7.91. The van der Waals surface area contributed by atoms with Gasteiger partial charge in [0.25, 0.3) is 10.1 Å². The molecule has 1 aromatic carbocycles. The van der Waals surface area contributed by atoms with Crippen molar-refractivity contribution in [3.63, 3.8) is 0 Å². The van der Waals surface area contributed by atoms with Gasteiger partial charge >= 0.3 is 0 Å². The average molecular weight is 493 g/mol. The van der Waals surface area contributed by atoms with Gasteiger partial charge in [-0.05, 0) is 35.8 Å². The maximum absolute atomic E-state index is 11.8. The highest BCUT2D eigenvalue weighted by molar-refractivity contribution is 7.85. The van der Waals surface area contributed by atoms with Crippen molar-refractivity contribution < 1.29 is 13.0 Å². The minimum atomic E-state index is -4.19. The number of nitrogens with zero attached hydrogens (tertiary/aromatic N) is 1. The number of rotatable bonds is 16. The molecular weight excluding hydrogens is 444 g/mol. The van der Waals surface area contributed by atoms with Crippen molar-refractivity contribution in [1.82, 2.24) is 9.97 Å². The van der Waals surface area contributed by atoms with Crippen LogP contribution in [0.4, 0.5) is 0 Å². The summed E-state index contributed by atoms with van der Waals surface area (Å²) in [5, 5.41) is 0. The number of aromatic amines is 1. The molecule has 6 heteroatoms. The summed E-state index contributed by atoms with van der Waals surface area (Å²) < 4.78 is 33.2. The first kappa shape index (κ1) is 30.4. The molecule has 34 heavy (non-hydrogen) atoms. The summed E-state index contributed by atoms with van der Waals surface area (Å²) >= 11 is 0. The van der Waals surface area contributed by atoms with Gasteiger partial charge in [-0.3, -0.25) is 4.55 Å². The highest BCUT2D eigenvalue weighted by atomic mass is 32.2. The minimum Gasteiger partial charge on any atom is -0.351 e. The van der Waals surface area contributed by atoms with Gasteiger partial charge in [0.2, 0.25) is 0 Å². The van der Waals surface area contributed by atoms with Crippen molar-refractivity contribution in [1.29, 1.82) is 0 Å². The Morgan fingerprint density at radius 1 is 0.912 bits per heavy atom. The van der Waals surface area contributed by atoms with Crippen LogP contribution in [-0.2, 0) is 10.1 Å². The van der Waals surface area contributed by atoms with Crippen molar-refractivity contribution in [3.8, 4) is 0 Å². The van der Waals surface area contributed by atoms with Crippen molar-refractivity contribution in [2.45, 2.75) is 116 Å². The van der Waals surface area contributed by atoms with Crippen molar-refractivity contribution in [2.75, 3.05) is 0 Å². The van der Waals surface area contributed by atoms with E-state index in [2.05, 4.69) is 37.7 Å². The lowest BCUT2D eigenvalue weighted by Crippen LogP contribution is -2.19. The molecule has 1 heterocycles. The van der Waals surface area contributed by atoms with Gasteiger partial charge in [0.15, 0.2) is 0 Å². The summed E-state index contributed by atoms with van der Waals surface area (Å²) in [7, 11) is -4.19. The van der Waals surface area contributed by atoms with E-state index in [4.69, 9.17) is 0 Å². The Morgan fingerprint density at radius 3 is 1.97 bits per heavy atom. The number of unbranched alkanes of at least 4 members (excludes halogenated alkanes) is 9. The first-order valence-electron chi connectivity index (χ1n) is 13.3. The second-order valence-corrected chi connectivity index (χ2v) is 11.0. The molecule has 0 aliphatic carbocycles. The fourth-order valence-electron chi connectivity index (χ4n) is 4.73. The molecule has 0 saturated heterocycles. The summed E-state index contributed by atoms with van der Waals surface area (Å²) in [6, 6.07) is 6.93. The molecule has 2 N–H and O–H groups in total. The monoisotopic (exact) mass is 492 g/mol. The third kappa shape index (κ3) is 12.2. The molecule has 0 aliphatic rings. The molecular formula is C28H48N2O3S. The smallest absolute Gasteiger partial charge is 0.294 e. The number of imidazole rings is 1. The summed E-state index contributed by atoms with van der Waals surface area (Å²) in [4.78, 5) is 6.49. The number of aromatic nitrogens is 2. The van der Waals surface area contributed by atoms with Crippen molar-refractivity contribution in [2.24, 2.45) is 11.8 Å². The largest absolute Gasteiger partial charge is 0.351 e. The lowest BCUT2D eigenvalue weighted by molar-refractivity contribution is 0.291. The fraction of sp³-hybridized carbons (Fsp3) is 0.679. The molecule has 3 atom stereocenters. The summed E-state index contributed by atoms with van der Waals surface area (Å²) in [5.74, 6) is 1.05. The maximum Gasteiger partial charge on any atom is 0.294 e. The Balaban J connectivity index is 0.00000102. The number of hydrogen-bond acceptors (Lipinski definition) is 3. The highest BCUT2D eigenvalue weighted by Gasteiger charge is 2.27. The van der Waals surface area contributed by atoms with E-state index < -0.39 is 10.1 Å². The predicted molar refractivity (Wildman–Crippen MR) is 143 cm³/mol. The molecule has 2 aromatic rings. The summed E-state index contributed by atoms with van der Waals surface area (Å²) in [6.07, 6.45) is 20.6. The van der Waals surface area contributed by atoms with Gasteiger partial charge in [-0.15, -0.1) is 0 Å². The van der Waals surface area contributed by atoms with Crippen LogP contribution < -0.4 is 0 Å². The van der Waals surface area contributed by atoms with Crippen LogP contribution in [0.5, 0.6) is 0 Å². The SMILES string of the molecule is CCCCCCCCCCCCC(C)C(C)C(CC)c1ccccc1S(=O)(=O)O.c1c[nH]cn1. The van der Waals surface area contributed by atoms with Crippen LogP contribution in [0.15, 0.2) is 47.9 Å². The molecule has 0 bridgehead atoms. The van der Waals surface area contributed by atoms with Crippen molar-refractivity contribution >= 4 is 10.1 Å². The van der Waals surface area contributed by atoms with Gasteiger partial charge in [-0.25, -0.2) is 4.98 Å². The van der Waals surface area contributed by atoms with Crippen LogP contribution in [0.1, 0.15) is 116 Å².